The first-order chi connectivity index (χ1) is 14.1. The van der Waals surface area contributed by atoms with Gasteiger partial charge in [-0.25, -0.2) is 0 Å². The number of carbonyl (C=O) groups is 1. The lowest BCUT2D eigenvalue weighted by Gasteiger charge is -2.34. The van der Waals surface area contributed by atoms with Crippen LogP contribution in [-0.4, -0.2) is 51.7 Å². The van der Waals surface area contributed by atoms with Gasteiger partial charge in [0.1, 0.15) is 0 Å². The van der Waals surface area contributed by atoms with Gasteiger partial charge in [0.25, 0.3) is 0 Å². The smallest absolute Gasteiger partial charge is 0.246 e. The summed E-state index contributed by atoms with van der Waals surface area (Å²) in [6, 6.07) is 12.3. The van der Waals surface area contributed by atoms with Gasteiger partial charge in [0.15, 0.2) is 0 Å². The SMILES string of the molecule is Cn1cc(/C=C/C(=O)N2CCN(Cc3ccc(-c4ccccc4Cl)s3)CC2)cn1. The molecule has 1 aliphatic rings. The minimum Gasteiger partial charge on any atom is -0.337 e. The molecule has 1 aromatic carbocycles. The molecule has 0 saturated carbocycles. The third kappa shape index (κ3) is 4.96. The van der Waals surface area contributed by atoms with Crippen LogP contribution in [0, 0.1) is 0 Å². The van der Waals surface area contributed by atoms with E-state index in [9.17, 15) is 4.79 Å². The molecule has 0 aliphatic carbocycles. The van der Waals surface area contributed by atoms with Crippen LogP contribution in [0.3, 0.4) is 0 Å². The van der Waals surface area contributed by atoms with Gasteiger partial charge >= 0.3 is 0 Å². The van der Waals surface area contributed by atoms with Crippen LogP contribution < -0.4 is 0 Å². The van der Waals surface area contributed by atoms with E-state index < -0.39 is 0 Å². The third-order valence-electron chi connectivity index (χ3n) is 5.01. The summed E-state index contributed by atoms with van der Waals surface area (Å²) < 4.78 is 1.73. The highest BCUT2D eigenvalue weighted by atomic mass is 35.5. The van der Waals surface area contributed by atoms with Gasteiger partial charge in [0, 0.05) is 77.9 Å². The largest absolute Gasteiger partial charge is 0.337 e. The molecule has 1 aliphatic heterocycles. The molecule has 1 amide bonds. The molecule has 4 rings (SSSR count). The first kappa shape index (κ1) is 19.9. The summed E-state index contributed by atoms with van der Waals surface area (Å²) in [4.78, 5) is 19.2. The predicted octanol–water partition coefficient (Wildman–Crippen LogP) is 4.16. The van der Waals surface area contributed by atoms with Crippen molar-refractivity contribution in [1.82, 2.24) is 19.6 Å². The second-order valence-electron chi connectivity index (χ2n) is 7.13. The van der Waals surface area contributed by atoms with Crippen LogP contribution in [0.15, 0.2) is 54.9 Å². The Bertz CT molecular complexity index is 1020. The normalized spacial score (nSPS) is 15.3. The van der Waals surface area contributed by atoms with Gasteiger partial charge in [-0.05, 0) is 24.3 Å². The molecule has 2 aromatic heterocycles. The second-order valence-corrected chi connectivity index (χ2v) is 8.70. The molecule has 1 saturated heterocycles. The van der Waals surface area contributed by atoms with Crippen molar-refractivity contribution in [3.63, 3.8) is 0 Å². The zero-order chi connectivity index (χ0) is 20.2. The molecule has 0 N–H and O–H groups in total. The number of aromatic nitrogens is 2. The fraction of sp³-hybridized carbons (Fsp3) is 0.273. The minimum absolute atomic E-state index is 0.0608. The third-order valence-corrected chi connectivity index (χ3v) is 6.44. The lowest BCUT2D eigenvalue weighted by molar-refractivity contribution is -0.127. The number of carbonyl (C=O) groups excluding carboxylic acids is 1. The Morgan fingerprint density at radius 3 is 2.69 bits per heavy atom. The molecule has 7 heteroatoms. The zero-order valence-corrected chi connectivity index (χ0v) is 17.9. The van der Waals surface area contributed by atoms with Gasteiger partial charge in [-0.3, -0.25) is 14.4 Å². The number of thiophene rings is 1. The highest BCUT2D eigenvalue weighted by molar-refractivity contribution is 7.15. The molecule has 150 valence electrons. The van der Waals surface area contributed by atoms with E-state index in [0.29, 0.717) is 0 Å². The number of aryl methyl sites for hydroxylation is 1. The topological polar surface area (TPSA) is 41.4 Å². The lowest BCUT2D eigenvalue weighted by atomic mass is 10.2. The number of benzene rings is 1. The number of amides is 1. The molecule has 5 nitrogen and oxygen atoms in total. The summed E-state index contributed by atoms with van der Waals surface area (Å²) in [6.45, 7) is 4.16. The Kier molecular flexibility index (Phi) is 6.13. The predicted molar refractivity (Wildman–Crippen MR) is 119 cm³/mol. The van der Waals surface area contributed by atoms with E-state index in [1.165, 1.54) is 9.75 Å². The number of nitrogens with zero attached hydrogens (tertiary/aromatic N) is 4. The fourth-order valence-electron chi connectivity index (χ4n) is 3.41. The molecule has 0 spiro atoms. The van der Waals surface area contributed by atoms with E-state index >= 15 is 0 Å². The van der Waals surface area contributed by atoms with Crippen LogP contribution in [0.1, 0.15) is 10.4 Å². The monoisotopic (exact) mass is 426 g/mol. The van der Waals surface area contributed by atoms with Gasteiger partial charge in [-0.2, -0.15) is 5.10 Å². The van der Waals surface area contributed by atoms with E-state index in [0.717, 1.165) is 48.9 Å². The quantitative estimate of drug-likeness (QED) is 0.575. The summed E-state index contributed by atoms with van der Waals surface area (Å²) in [7, 11) is 1.86. The molecule has 0 unspecified atom stereocenters. The van der Waals surface area contributed by atoms with Crippen molar-refractivity contribution in [1.29, 1.82) is 0 Å². The van der Waals surface area contributed by atoms with Gasteiger partial charge in [0.2, 0.25) is 5.91 Å². The standard InChI is InChI=1S/C22H23ClN4OS/c1-25-15-17(14-24-25)6-9-22(28)27-12-10-26(11-13-27)16-18-7-8-21(29-18)19-4-2-3-5-20(19)23/h2-9,14-15H,10-13,16H2,1H3/b9-6+. The number of halogens is 1. The lowest BCUT2D eigenvalue weighted by Crippen LogP contribution is -2.47. The van der Waals surface area contributed by atoms with Crippen LogP contribution in [-0.2, 0) is 18.4 Å². The Labute approximate surface area is 179 Å². The van der Waals surface area contributed by atoms with Crippen LogP contribution >= 0.6 is 22.9 Å². The number of piperazine rings is 1. The van der Waals surface area contributed by atoms with Crippen LogP contribution in [0.2, 0.25) is 5.02 Å². The van der Waals surface area contributed by atoms with Crippen molar-refractivity contribution in [2.75, 3.05) is 26.2 Å². The maximum Gasteiger partial charge on any atom is 0.246 e. The first-order valence-corrected chi connectivity index (χ1v) is 10.8. The molecule has 29 heavy (non-hydrogen) atoms. The highest BCUT2D eigenvalue weighted by Crippen LogP contribution is 2.33. The van der Waals surface area contributed by atoms with E-state index in [1.54, 1.807) is 28.3 Å². The van der Waals surface area contributed by atoms with Crippen LogP contribution in [0.4, 0.5) is 0 Å². The van der Waals surface area contributed by atoms with Crippen molar-refractivity contribution in [2.24, 2.45) is 7.05 Å². The molecular formula is C22H23ClN4OS. The van der Waals surface area contributed by atoms with Crippen molar-refractivity contribution in [3.05, 3.63) is 70.3 Å². The molecule has 1 fully saturated rings. The van der Waals surface area contributed by atoms with E-state index in [4.69, 9.17) is 11.6 Å². The minimum atomic E-state index is 0.0608. The molecular weight excluding hydrogens is 404 g/mol. The van der Waals surface area contributed by atoms with Crippen molar-refractivity contribution in [2.45, 2.75) is 6.54 Å². The Morgan fingerprint density at radius 1 is 1.17 bits per heavy atom. The Balaban J connectivity index is 1.29. The summed E-state index contributed by atoms with van der Waals surface area (Å²) in [5, 5.41) is 4.89. The molecule has 0 radical (unpaired) electrons. The molecule has 0 atom stereocenters. The van der Waals surface area contributed by atoms with Crippen molar-refractivity contribution < 1.29 is 4.79 Å². The summed E-state index contributed by atoms with van der Waals surface area (Å²) in [6.07, 6.45) is 7.10. The van der Waals surface area contributed by atoms with E-state index in [1.807, 2.05) is 42.4 Å². The molecule has 0 bridgehead atoms. The number of rotatable bonds is 5. The van der Waals surface area contributed by atoms with E-state index in [2.05, 4.69) is 28.2 Å². The highest BCUT2D eigenvalue weighted by Gasteiger charge is 2.20. The van der Waals surface area contributed by atoms with Crippen molar-refractivity contribution in [3.8, 4) is 10.4 Å². The second kappa shape index (κ2) is 8.95. The van der Waals surface area contributed by atoms with Crippen LogP contribution in [0.25, 0.3) is 16.5 Å². The maximum atomic E-state index is 12.4. The Morgan fingerprint density at radius 2 is 1.97 bits per heavy atom. The van der Waals surface area contributed by atoms with E-state index in [-0.39, 0.29) is 5.91 Å². The average molecular weight is 427 g/mol. The average Bonchev–Trinajstić information content (AvgIpc) is 3.36. The van der Waals surface area contributed by atoms with Crippen molar-refractivity contribution >= 4 is 34.9 Å². The number of hydrogen-bond acceptors (Lipinski definition) is 4. The van der Waals surface area contributed by atoms with Gasteiger partial charge in [0.05, 0.1) is 6.20 Å². The fourth-order valence-corrected chi connectivity index (χ4v) is 4.80. The van der Waals surface area contributed by atoms with Crippen LogP contribution in [0.5, 0.6) is 0 Å². The van der Waals surface area contributed by atoms with Gasteiger partial charge in [-0.15, -0.1) is 11.3 Å². The number of hydrogen-bond donors (Lipinski definition) is 0. The first-order valence-electron chi connectivity index (χ1n) is 9.60. The summed E-state index contributed by atoms with van der Waals surface area (Å²) in [5.74, 6) is 0.0608. The summed E-state index contributed by atoms with van der Waals surface area (Å²) in [5.41, 5.74) is 2.02. The van der Waals surface area contributed by atoms with Gasteiger partial charge in [-0.1, -0.05) is 29.8 Å². The van der Waals surface area contributed by atoms with Gasteiger partial charge < -0.3 is 4.90 Å². The molecule has 3 heterocycles. The zero-order valence-electron chi connectivity index (χ0n) is 16.3. The Hall–Kier alpha value is -2.41. The maximum absolute atomic E-state index is 12.4. The summed E-state index contributed by atoms with van der Waals surface area (Å²) >= 11 is 8.10. The molecule has 3 aromatic rings.